The van der Waals surface area contributed by atoms with Gasteiger partial charge in [-0.25, -0.2) is 4.79 Å². The summed E-state index contributed by atoms with van der Waals surface area (Å²) in [5.41, 5.74) is 5.85. The molecule has 1 amide bonds. The van der Waals surface area contributed by atoms with Crippen LogP contribution < -0.4 is 4.90 Å². The van der Waals surface area contributed by atoms with Crippen LogP contribution >= 0.6 is 15.9 Å². The van der Waals surface area contributed by atoms with Gasteiger partial charge in [0.05, 0.1) is 7.11 Å². The van der Waals surface area contributed by atoms with E-state index in [1.54, 1.807) is 0 Å². The first-order valence-corrected chi connectivity index (χ1v) is 16.2. The van der Waals surface area contributed by atoms with E-state index in [9.17, 15) is 9.59 Å². The number of rotatable bonds is 6. The van der Waals surface area contributed by atoms with Gasteiger partial charge in [0.1, 0.15) is 0 Å². The molecule has 3 saturated carbocycles. The Morgan fingerprint density at radius 1 is 0.950 bits per heavy atom. The summed E-state index contributed by atoms with van der Waals surface area (Å²) in [7, 11) is 1.44. The molecule has 0 N–H and O–H groups in total. The van der Waals surface area contributed by atoms with Crippen molar-refractivity contribution in [3.8, 4) is 0 Å². The van der Waals surface area contributed by atoms with Crippen molar-refractivity contribution >= 4 is 39.6 Å². The van der Waals surface area contributed by atoms with Gasteiger partial charge in [0.25, 0.3) is 0 Å². The molecule has 5 heteroatoms. The summed E-state index contributed by atoms with van der Waals surface area (Å²) in [6.07, 6.45) is 16.4. The first kappa shape index (κ1) is 27.8. The molecule has 2 bridgehead atoms. The Morgan fingerprint density at radius 2 is 1.75 bits per heavy atom. The number of hydrogen-bond donors (Lipinski definition) is 0. The summed E-state index contributed by atoms with van der Waals surface area (Å²) in [6, 6.07) is 15.4. The van der Waals surface area contributed by atoms with Crippen LogP contribution in [0, 0.1) is 17.8 Å². The second-order valence-electron chi connectivity index (χ2n) is 12.7. The van der Waals surface area contributed by atoms with Gasteiger partial charge in [-0.3, -0.25) is 4.79 Å². The molecule has 0 spiro atoms. The average Bonchev–Trinajstić information content (AvgIpc) is 3.00. The Morgan fingerprint density at radius 3 is 2.52 bits per heavy atom. The first-order valence-electron chi connectivity index (χ1n) is 15.5. The normalized spacial score (nSPS) is 26.4. The molecule has 40 heavy (non-hydrogen) atoms. The zero-order chi connectivity index (χ0) is 27.7. The van der Waals surface area contributed by atoms with Gasteiger partial charge in [-0.15, -0.1) is 0 Å². The SMILES string of the molecule is COC(=O)C1=Cc2cccc(N(CC3CCC4(c5ccc(Br)cc5)CCCC3C4)C(=O)C3CCCCC3)c2CC1. The van der Waals surface area contributed by atoms with Crippen molar-refractivity contribution in [2.45, 2.75) is 88.9 Å². The largest absolute Gasteiger partial charge is 0.466 e. The molecular weight excluding hydrogens is 562 g/mol. The Labute approximate surface area is 247 Å². The quantitative estimate of drug-likeness (QED) is 0.311. The van der Waals surface area contributed by atoms with Crippen molar-refractivity contribution < 1.29 is 14.3 Å². The molecule has 4 aliphatic rings. The zero-order valence-corrected chi connectivity index (χ0v) is 25.4. The number of methoxy groups -OCH3 is 1. The van der Waals surface area contributed by atoms with Crippen molar-refractivity contribution in [1.29, 1.82) is 0 Å². The summed E-state index contributed by atoms with van der Waals surface area (Å²) >= 11 is 3.62. The molecule has 212 valence electrons. The van der Waals surface area contributed by atoms with Gasteiger partial charge < -0.3 is 9.64 Å². The van der Waals surface area contributed by atoms with E-state index in [2.05, 4.69) is 63.3 Å². The molecule has 3 unspecified atom stereocenters. The first-order chi connectivity index (χ1) is 19.5. The van der Waals surface area contributed by atoms with E-state index in [4.69, 9.17) is 4.74 Å². The van der Waals surface area contributed by atoms with Crippen LogP contribution in [0.2, 0.25) is 0 Å². The summed E-state index contributed by atoms with van der Waals surface area (Å²) in [5.74, 6) is 1.39. The monoisotopic (exact) mass is 603 g/mol. The van der Waals surface area contributed by atoms with E-state index >= 15 is 0 Å². The van der Waals surface area contributed by atoms with Crippen LogP contribution in [0.5, 0.6) is 0 Å². The summed E-state index contributed by atoms with van der Waals surface area (Å²) in [6.45, 7) is 0.820. The number of amides is 1. The Hall–Kier alpha value is -2.40. The lowest BCUT2D eigenvalue weighted by molar-refractivity contribution is -0.136. The molecule has 0 aliphatic heterocycles. The fourth-order valence-electron chi connectivity index (χ4n) is 8.36. The molecule has 2 aromatic carbocycles. The number of carbonyl (C=O) groups is 2. The molecular formula is C35H42BrNO3. The van der Waals surface area contributed by atoms with Crippen LogP contribution in [-0.2, 0) is 26.2 Å². The van der Waals surface area contributed by atoms with Crippen molar-refractivity contribution in [1.82, 2.24) is 0 Å². The molecule has 0 radical (unpaired) electrons. The van der Waals surface area contributed by atoms with Crippen LogP contribution in [0.4, 0.5) is 5.69 Å². The second-order valence-corrected chi connectivity index (χ2v) is 13.6. The van der Waals surface area contributed by atoms with Crippen molar-refractivity contribution in [2.75, 3.05) is 18.6 Å². The smallest absolute Gasteiger partial charge is 0.333 e. The number of carbonyl (C=O) groups excluding carboxylic acids is 2. The number of hydrogen-bond acceptors (Lipinski definition) is 3. The molecule has 3 fully saturated rings. The van der Waals surface area contributed by atoms with E-state index in [0.29, 0.717) is 29.6 Å². The van der Waals surface area contributed by atoms with Gasteiger partial charge in [0.2, 0.25) is 5.91 Å². The van der Waals surface area contributed by atoms with Crippen molar-refractivity contribution in [3.63, 3.8) is 0 Å². The predicted molar refractivity (Wildman–Crippen MR) is 164 cm³/mol. The molecule has 4 aliphatic carbocycles. The summed E-state index contributed by atoms with van der Waals surface area (Å²) < 4.78 is 6.15. The summed E-state index contributed by atoms with van der Waals surface area (Å²) in [5, 5.41) is 0. The van der Waals surface area contributed by atoms with Crippen LogP contribution in [0.1, 0.15) is 93.7 Å². The van der Waals surface area contributed by atoms with E-state index in [0.717, 1.165) is 59.9 Å². The third kappa shape index (κ3) is 5.43. The van der Waals surface area contributed by atoms with E-state index in [-0.39, 0.29) is 11.9 Å². The maximum absolute atomic E-state index is 14.3. The van der Waals surface area contributed by atoms with Gasteiger partial charge in [-0.1, -0.05) is 72.3 Å². The third-order valence-electron chi connectivity index (χ3n) is 10.5. The van der Waals surface area contributed by atoms with Crippen LogP contribution in [-0.4, -0.2) is 25.5 Å². The number of fused-ring (bicyclic) bond motifs is 3. The molecule has 0 aromatic heterocycles. The van der Waals surface area contributed by atoms with Crippen molar-refractivity contribution in [3.05, 3.63) is 69.2 Å². The lowest BCUT2D eigenvalue weighted by Crippen LogP contribution is -2.47. The topological polar surface area (TPSA) is 46.6 Å². The minimum absolute atomic E-state index is 0.131. The van der Waals surface area contributed by atoms with Crippen LogP contribution in [0.25, 0.3) is 6.08 Å². The number of esters is 1. The van der Waals surface area contributed by atoms with E-state index in [1.807, 2.05) is 6.08 Å². The Kier molecular flexibility index (Phi) is 8.21. The van der Waals surface area contributed by atoms with E-state index in [1.165, 1.54) is 63.2 Å². The third-order valence-corrected chi connectivity index (χ3v) is 11.1. The fraction of sp³-hybridized carbons (Fsp3) is 0.543. The highest BCUT2D eigenvalue weighted by Gasteiger charge is 2.45. The maximum Gasteiger partial charge on any atom is 0.333 e. The van der Waals surface area contributed by atoms with E-state index < -0.39 is 0 Å². The Balaban J connectivity index is 1.30. The highest BCUT2D eigenvalue weighted by atomic mass is 79.9. The standard InChI is InChI=1S/C35H42BrNO3/c1-40-34(39)26-12-17-31-25(21-26)9-5-11-32(31)37(33(38)24-7-3-2-4-8-24)23-28-18-20-35(19-6-10-27(28)22-35)29-13-15-30(36)16-14-29/h5,9,11,13-16,21,24,27-28H,2-4,6-8,10,12,17-20,22-23H2,1H3. The average molecular weight is 605 g/mol. The number of nitrogens with zero attached hydrogens (tertiary/aromatic N) is 1. The number of halogens is 1. The maximum atomic E-state index is 14.3. The number of anilines is 1. The molecule has 2 aromatic rings. The van der Waals surface area contributed by atoms with Crippen LogP contribution in [0.15, 0.2) is 52.5 Å². The number of benzene rings is 2. The highest BCUT2D eigenvalue weighted by Crippen LogP contribution is 2.53. The highest BCUT2D eigenvalue weighted by molar-refractivity contribution is 9.10. The summed E-state index contributed by atoms with van der Waals surface area (Å²) in [4.78, 5) is 28.8. The van der Waals surface area contributed by atoms with Gasteiger partial charge in [-0.05, 0) is 110 Å². The molecule has 3 atom stereocenters. The van der Waals surface area contributed by atoms with Crippen molar-refractivity contribution in [2.24, 2.45) is 17.8 Å². The minimum atomic E-state index is -0.250. The fourth-order valence-corrected chi connectivity index (χ4v) is 8.63. The Bertz CT molecular complexity index is 1280. The molecule has 6 rings (SSSR count). The lowest BCUT2D eigenvalue weighted by atomic mass is 9.56. The van der Waals surface area contributed by atoms with Crippen LogP contribution in [0.3, 0.4) is 0 Å². The zero-order valence-electron chi connectivity index (χ0n) is 23.8. The van der Waals surface area contributed by atoms with Gasteiger partial charge in [-0.2, -0.15) is 0 Å². The van der Waals surface area contributed by atoms with Gasteiger partial charge >= 0.3 is 5.97 Å². The minimum Gasteiger partial charge on any atom is -0.466 e. The lowest BCUT2D eigenvalue weighted by Gasteiger charge is -2.50. The van der Waals surface area contributed by atoms with Gasteiger partial charge in [0.15, 0.2) is 0 Å². The number of ether oxygens (including phenoxy) is 1. The predicted octanol–water partition coefficient (Wildman–Crippen LogP) is 8.40. The second kappa shape index (κ2) is 11.8. The molecule has 0 saturated heterocycles. The van der Waals surface area contributed by atoms with Gasteiger partial charge in [0, 0.05) is 28.2 Å². The molecule has 4 nitrogen and oxygen atoms in total. The molecule has 0 heterocycles.